The molecule has 0 unspecified atom stereocenters. The Hall–Kier alpha value is -0.680. The second-order valence-electron chi connectivity index (χ2n) is 3.73. The van der Waals surface area contributed by atoms with Gasteiger partial charge in [0.25, 0.3) is 0 Å². The van der Waals surface area contributed by atoms with Crippen LogP contribution in [0, 0.1) is 5.82 Å². The maximum absolute atomic E-state index is 13.6. The van der Waals surface area contributed by atoms with E-state index >= 15 is 0 Å². The molecule has 1 rings (SSSR count). The van der Waals surface area contributed by atoms with Gasteiger partial charge >= 0.3 is 0 Å². The van der Waals surface area contributed by atoms with E-state index in [2.05, 4.69) is 0 Å². The molecule has 0 heterocycles. The highest BCUT2D eigenvalue weighted by molar-refractivity contribution is 6.30. The van der Waals surface area contributed by atoms with E-state index in [1.165, 1.54) is 6.07 Å². The zero-order valence-corrected chi connectivity index (χ0v) is 10.6. The minimum Gasteiger partial charge on any atom is -0.395 e. The maximum Gasteiger partial charge on any atom is 0.129 e. The lowest BCUT2D eigenvalue weighted by molar-refractivity contribution is 0.126. The van der Waals surface area contributed by atoms with Crippen molar-refractivity contribution < 1.29 is 14.2 Å². The summed E-state index contributed by atoms with van der Waals surface area (Å²) in [6.45, 7) is 2.17. The van der Waals surface area contributed by atoms with E-state index in [4.69, 9.17) is 21.4 Å². The third kappa shape index (κ3) is 5.00. The van der Waals surface area contributed by atoms with Crippen molar-refractivity contribution in [1.82, 2.24) is 4.90 Å². The highest BCUT2D eigenvalue weighted by Crippen LogP contribution is 2.16. The molecule has 5 heteroatoms. The van der Waals surface area contributed by atoms with Crippen LogP contribution in [0.1, 0.15) is 5.56 Å². The first-order valence-corrected chi connectivity index (χ1v) is 5.81. The molecule has 1 aromatic carbocycles. The fourth-order valence-corrected chi connectivity index (χ4v) is 1.68. The number of aliphatic hydroxyl groups is 1. The summed E-state index contributed by atoms with van der Waals surface area (Å²) in [6, 6.07) is 4.62. The number of ether oxygens (including phenoxy) is 1. The Morgan fingerprint density at radius 1 is 1.41 bits per heavy atom. The lowest BCUT2D eigenvalue weighted by Crippen LogP contribution is -2.30. The van der Waals surface area contributed by atoms with Crippen LogP contribution >= 0.6 is 11.6 Å². The molecule has 0 atom stereocenters. The molecular weight excluding hydrogens is 245 g/mol. The molecule has 0 aliphatic heterocycles. The van der Waals surface area contributed by atoms with Crippen molar-refractivity contribution in [2.24, 2.45) is 0 Å². The van der Waals surface area contributed by atoms with Gasteiger partial charge in [0.05, 0.1) is 13.2 Å². The monoisotopic (exact) mass is 261 g/mol. The summed E-state index contributed by atoms with van der Waals surface area (Å²) in [5, 5.41) is 9.32. The van der Waals surface area contributed by atoms with Crippen LogP contribution in [0.25, 0.3) is 0 Å². The van der Waals surface area contributed by atoms with Gasteiger partial charge in [0.2, 0.25) is 0 Å². The molecule has 0 saturated heterocycles. The van der Waals surface area contributed by atoms with E-state index in [1.54, 1.807) is 19.2 Å². The average molecular weight is 262 g/mol. The van der Waals surface area contributed by atoms with Crippen LogP contribution in [-0.4, -0.2) is 43.4 Å². The number of hydrogen-bond donors (Lipinski definition) is 1. The lowest BCUT2D eigenvalue weighted by atomic mass is 10.2. The molecule has 1 N–H and O–H groups in total. The molecule has 0 radical (unpaired) electrons. The first kappa shape index (κ1) is 14.4. The van der Waals surface area contributed by atoms with Crippen LogP contribution in [0.3, 0.4) is 0 Å². The Labute approximate surface area is 106 Å². The van der Waals surface area contributed by atoms with Crippen molar-refractivity contribution in [2.75, 3.05) is 33.4 Å². The van der Waals surface area contributed by atoms with Gasteiger partial charge in [-0.15, -0.1) is 0 Å². The SMILES string of the molecule is COCCN(CCO)Cc1ccc(Cl)cc1F. The van der Waals surface area contributed by atoms with E-state index in [1.807, 2.05) is 4.90 Å². The summed E-state index contributed by atoms with van der Waals surface area (Å²) in [7, 11) is 1.61. The average Bonchev–Trinajstić information content (AvgIpc) is 2.29. The number of aliphatic hydroxyl groups excluding tert-OH is 1. The maximum atomic E-state index is 13.6. The smallest absolute Gasteiger partial charge is 0.129 e. The first-order valence-electron chi connectivity index (χ1n) is 5.43. The van der Waals surface area contributed by atoms with Crippen LogP contribution < -0.4 is 0 Å². The van der Waals surface area contributed by atoms with Gasteiger partial charge in [-0.25, -0.2) is 4.39 Å². The van der Waals surface area contributed by atoms with Gasteiger partial charge < -0.3 is 9.84 Å². The number of benzene rings is 1. The van der Waals surface area contributed by atoms with E-state index in [-0.39, 0.29) is 12.4 Å². The Kier molecular flexibility index (Phi) is 6.44. The zero-order valence-electron chi connectivity index (χ0n) is 9.83. The Balaban J connectivity index is 2.64. The molecule has 0 amide bonds. The number of methoxy groups -OCH3 is 1. The van der Waals surface area contributed by atoms with Gasteiger partial charge in [-0.05, 0) is 12.1 Å². The van der Waals surface area contributed by atoms with Crippen LogP contribution in [0.15, 0.2) is 18.2 Å². The first-order chi connectivity index (χ1) is 8.17. The van der Waals surface area contributed by atoms with Gasteiger partial charge in [0.15, 0.2) is 0 Å². The number of hydrogen-bond acceptors (Lipinski definition) is 3. The van der Waals surface area contributed by atoms with E-state index < -0.39 is 0 Å². The molecule has 0 spiro atoms. The molecule has 96 valence electrons. The van der Waals surface area contributed by atoms with Gasteiger partial charge in [-0.3, -0.25) is 4.90 Å². The highest BCUT2D eigenvalue weighted by atomic mass is 35.5. The summed E-state index contributed by atoms with van der Waals surface area (Å²) in [5.74, 6) is -0.321. The predicted octanol–water partition coefficient (Wildman–Crippen LogP) is 1.92. The molecular formula is C12H17ClFNO2. The number of rotatable bonds is 7. The van der Waals surface area contributed by atoms with E-state index in [0.29, 0.717) is 36.8 Å². The quantitative estimate of drug-likeness (QED) is 0.814. The van der Waals surface area contributed by atoms with Gasteiger partial charge in [0.1, 0.15) is 5.82 Å². The molecule has 1 aromatic rings. The van der Waals surface area contributed by atoms with Crippen molar-refractivity contribution in [3.63, 3.8) is 0 Å². The van der Waals surface area contributed by atoms with Crippen LogP contribution in [0.2, 0.25) is 5.02 Å². The number of nitrogens with zero attached hydrogens (tertiary/aromatic N) is 1. The van der Waals surface area contributed by atoms with Crippen molar-refractivity contribution in [1.29, 1.82) is 0 Å². The predicted molar refractivity (Wildman–Crippen MR) is 65.6 cm³/mol. The van der Waals surface area contributed by atoms with E-state index in [9.17, 15) is 4.39 Å². The van der Waals surface area contributed by atoms with Gasteiger partial charge in [0, 0.05) is 37.3 Å². The van der Waals surface area contributed by atoms with Crippen molar-refractivity contribution >= 4 is 11.6 Å². The summed E-state index contributed by atoms with van der Waals surface area (Å²) in [4.78, 5) is 1.93. The Morgan fingerprint density at radius 2 is 2.18 bits per heavy atom. The molecule has 0 bridgehead atoms. The fourth-order valence-electron chi connectivity index (χ4n) is 1.52. The molecule has 0 aliphatic rings. The molecule has 0 fully saturated rings. The summed E-state index contributed by atoms with van der Waals surface area (Å²) < 4.78 is 18.5. The molecule has 0 aliphatic carbocycles. The standard InChI is InChI=1S/C12H17ClFNO2/c1-17-7-5-15(4-6-16)9-10-2-3-11(13)8-12(10)14/h2-3,8,16H,4-7,9H2,1H3. The summed E-state index contributed by atoms with van der Waals surface area (Å²) in [5.41, 5.74) is 0.568. The zero-order chi connectivity index (χ0) is 12.7. The second-order valence-corrected chi connectivity index (χ2v) is 4.16. The summed E-state index contributed by atoms with van der Waals surface area (Å²) in [6.07, 6.45) is 0. The minimum atomic E-state index is -0.321. The molecule has 17 heavy (non-hydrogen) atoms. The topological polar surface area (TPSA) is 32.7 Å². The Bertz CT molecular complexity index is 349. The van der Waals surface area contributed by atoms with Gasteiger partial charge in [-0.2, -0.15) is 0 Å². The van der Waals surface area contributed by atoms with Crippen LogP contribution in [0.4, 0.5) is 4.39 Å². The van der Waals surface area contributed by atoms with Crippen LogP contribution in [0.5, 0.6) is 0 Å². The van der Waals surface area contributed by atoms with Crippen molar-refractivity contribution in [3.8, 4) is 0 Å². The number of halogens is 2. The third-order valence-electron chi connectivity index (χ3n) is 2.44. The molecule has 3 nitrogen and oxygen atoms in total. The molecule has 0 saturated carbocycles. The van der Waals surface area contributed by atoms with E-state index in [0.717, 1.165) is 0 Å². The van der Waals surface area contributed by atoms with Crippen molar-refractivity contribution in [3.05, 3.63) is 34.6 Å². The summed E-state index contributed by atoms with van der Waals surface area (Å²) >= 11 is 5.68. The molecule has 0 aromatic heterocycles. The third-order valence-corrected chi connectivity index (χ3v) is 2.67. The van der Waals surface area contributed by atoms with Crippen molar-refractivity contribution in [2.45, 2.75) is 6.54 Å². The lowest BCUT2D eigenvalue weighted by Gasteiger charge is -2.21. The van der Waals surface area contributed by atoms with Crippen LogP contribution in [-0.2, 0) is 11.3 Å². The normalized spacial score (nSPS) is 11.1. The fraction of sp³-hybridized carbons (Fsp3) is 0.500. The minimum absolute atomic E-state index is 0.0406. The second kappa shape index (κ2) is 7.61. The Morgan fingerprint density at radius 3 is 2.76 bits per heavy atom. The largest absolute Gasteiger partial charge is 0.395 e. The highest BCUT2D eigenvalue weighted by Gasteiger charge is 2.09. The van der Waals surface area contributed by atoms with Gasteiger partial charge in [-0.1, -0.05) is 17.7 Å².